The van der Waals surface area contributed by atoms with Gasteiger partial charge < -0.3 is 5.32 Å². The molecule has 2 aromatic rings. The highest BCUT2D eigenvalue weighted by molar-refractivity contribution is 8.00. The molecule has 0 spiro atoms. The number of benzene rings is 1. The smallest absolute Gasteiger partial charge is 0.234 e. The fraction of sp³-hybridized carbons (Fsp3) is 0.444. The molecule has 1 fully saturated rings. The van der Waals surface area contributed by atoms with E-state index in [0.717, 1.165) is 24.9 Å². The summed E-state index contributed by atoms with van der Waals surface area (Å²) in [4.78, 5) is 12.6. The number of rotatable bonds is 5. The van der Waals surface area contributed by atoms with Crippen molar-refractivity contribution in [2.75, 3.05) is 0 Å². The second-order valence-electron chi connectivity index (χ2n) is 6.47. The summed E-state index contributed by atoms with van der Waals surface area (Å²) in [6.07, 6.45) is 6.08. The van der Waals surface area contributed by atoms with Crippen LogP contribution in [-0.4, -0.2) is 31.5 Å². The topological polar surface area (TPSA) is 83.6 Å². The van der Waals surface area contributed by atoms with Crippen LogP contribution in [0.5, 0.6) is 0 Å². The van der Waals surface area contributed by atoms with E-state index in [4.69, 9.17) is 11.6 Å². The third-order valence-electron chi connectivity index (χ3n) is 4.54. The highest BCUT2D eigenvalue weighted by Crippen LogP contribution is 2.29. The lowest BCUT2D eigenvalue weighted by molar-refractivity contribution is -0.121. The molecule has 1 heterocycles. The summed E-state index contributed by atoms with van der Waals surface area (Å²) in [5, 5.41) is 21.4. The molecule has 1 amide bonds. The first-order valence-corrected chi connectivity index (χ1v) is 9.85. The molecule has 1 atom stereocenters. The lowest BCUT2D eigenvalue weighted by Gasteiger charge is -2.32. The molecule has 1 aliphatic carbocycles. The molecular formula is C18H20ClN5OS. The predicted molar refractivity (Wildman–Crippen MR) is 101 cm³/mol. The van der Waals surface area contributed by atoms with E-state index in [1.807, 2.05) is 25.1 Å². The van der Waals surface area contributed by atoms with Gasteiger partial charge in [0.05, 0.1) is 17.0 Å². The average molecular weight is 390 g/mol. The van der Waals surface area contributed by atoms with E-state index in [9.17, 15) is 10.1 Å². The van der Waals surface area contributed by atoms with Crippen molar-refractivity contribution in [2.24, 2.45) is 0 Å². The van der Waals surface area contributed by atoms with Gasteiger partial charge in [-0.25, -0.2) is 0 Å². The maximum Gasteiger partial charge on any atom is 0.234 e. The van der Waals surface area contributed by atoms with E-state index >= 15 is 0 Å². The number of halogens is 1. The van der Waals surface area contributed by atoms with E-state index in [-0.39, 0.29) is 5.91 Å². The van der Waals surface area contributed by atoms with Crippen molar-refractivity contribution in [2.45, 2.75) is 55.0 Å². The highest BCUT2D eigenvalue weighted by Gasteiger charge is 2.35. The Kier molecular flexibility index (Phi) is 5.84. The van der Waals surface area contributed by atoms with Crippen LogP contribution in [0, 0.1) is 11.3 Å². The number of amides is 1. The van der Waals surface area contributed by atoms with Gasteiger partial charge in [0.2, 0.25) is 5.91 Å². The average Bonchev–Trinajstić information content (AvgIpc) is 3.10. The van der Waals surface area contributed by atoms with Crippen LogP contribution in [0.15, 0.2) is 35.7 Å². The molecule has 0 radical (unpaired) electrons. The van der Waals surface area contributed by atoms with Gasteiger partial charge in [-0.1, -0.05) is 48.7 Å². The Morgan fingerprint density at radius 3 is 2.88 bits per heavy atom. The first-order valence-electron chi connectivity index (χ1n) is 8.59. The molecule has 136 valence electrons. The molecule has 1 aliphatic rings. The minimum atomic E-state index is -0.731. The number of nitriles is 1. The van der Waals surface area contributed by atoms with Crippen LogP contribution in [0.4, 0.5) is 0 Å². The molecule has 8 heteroatoms. The first kappa shape index (κ1) is 18.7. The normalized spacial score (nSPS) is 17.3. The van der Waals surface area contributed by atoms with Crippen molar-refractivity contribution in [3.63, 3.8) is 0 Å². The molecule has 1 aromatic carbocycles. The van der Waals surface area contributed by atoms with Crippen molar-refractivity contribution in [3.8, 4) is 11.8 Å². The summed E-state index contributed by atoms with van der Waals surface area (Å²) in [6, 6.07) is 9.67. The molecular weight excluding hydrogens is 370 g/mol. The monoisotopic (exact) mass is 389 g/mol. The van der Waals surface area contributed by atoms with Gasteiger partial charge in [0.25, 0.3) is 0 Å². The van der Waals surface area contributed by atoms with Gasteiger partial charge >= 0.3 is 0 Å². The summed E-state index contributed by atoms with van der Waals surface area (Å²) >= 11 is 7.36. The van der Waals surface area contributed by atoms with Crippen LogP contribution in [0.25, 0.3) is 5.69 Å². The molecule has 1 N–H and O–H groups in total. The van der Waals surface area contributed by atoms with Gasteiger partial charge in [0.1, 0.15) is 11.9 Å². The predicted octanol–water partition coefficient (Wildman–Crippen LogP) is 3.74. The molecule has 3 rings (SSSR count). The zero-order chi connectivity index (χ0) is 18.6. The Morgan fingerprint density at radius 1 is 1.42 bits per heavy atom. The number of nitrogens with zero attached hydrogens (tertiary/aromatic N) is 4. The van der Waals surface area contributed by atoms with Gasteiger partial charge in [-0.2, -0.15) is 5.26 Å². The van der Waals surface area contributed by atoms with Crippen molar-refractivity contribution in [1.29, 1.82) is 5.26 Å². The highest BCUT2D eigenvalue weighted by atomic mass is 35.5. The number of carbonyl (C=O) groups is 1. The molecule has 0 bridgehead atoms. The van der Waals surface area contributed by atoms with E-state index in [0.29, 0.717) is 23.0 Å². The summed E-state index contributed by atoms with van der Waals surface area (Å²) < 4.78 is 1.79. The van der Waals surface area contributed by atoms with Crippen LogP contribution >= 0.6 is 23.4 Å². The Balaban J connectivity index is 1.71. The first-order chi connectivity index (χ1) is 12.5. The number of aromatic nitrogens is 3. The van der Waals surface area contributed by atoms with E-state index < -0.39 is 10.8 Å². The van der Waals surface area contributed by atoms with Crippen LogP contribution in [0.1, 0.15) is 39.0 Å². The number of nitrogens with one attached hydrogen (secondary N) is 1. The third-order valence-corrected chi connectivity index (χ3v) is 5.83. The Bertz CT molecular complexity index is 825. The largest absolute Gasteiger partial charge is 0.337 e. The minimum absolute atomic E-state index is 0.154. The summed E-state index contributed by atoms with van der Waals surface area (Å²) in [6.45, 7) is 1.81. The zero-order valence-electron chi connectivity index (χ0n) is 14.5. The lowest BCUT2D eigenvalue weighted by atomic mass is 9.83. The second-order valence-corrected chi connectivity index (χ2v) is 8.21. The Labute approximate surface area is 161 Å². The molecule has 0 aliphatic heterocycles. The van der Waals surface area contributed by atoms with Crippen molar-refractivity contribution < 1.29 is 4.79 Å². The lowest BCUT2D eigenvalue weighted by Crippen LogP contribution is -2.50. The molecule has 6 nitrogen and oxygen atoms in total. The summed E-state index contributed by atoms with van der Waals surface area (Å²) in [7, 11) is 0. The number of hydrogen-bond acceptors (Lipinski definition) is 5. The molecule has 0 saturated heterocycles. The van der Waals surface area contributed by atoms with Gasteiger partial charge in [-0.05, 0) is 38.0 Å². The summed E-state index contributed by atoms with van der Waals surface area (Å²) in [5.41, 5.74) is 0.100. The van der Waals surface area contributed by atoms with Crippen LogP contribution in [-0.2, 0) is 4.79 Å². The van der Waals surface area contributed by atoms with Crippen molar-refractivity contribution in [3.05, 3.63) is 35.6 Å². The quantitative estimate of drug-likeness (QED) is 0.787. The standard InChI is InChI=1S/C18H20ClN5OS/c1-13(16(25)22-18(11-20)8-3-2-4-9-18)26-17-23-21-12-24(17)15-7-5-6-14(19)10-15/h5-7,10,12-13H,2-4,8-9H2,1H3,(H,22,25). The molecule has 1 saturated carbocycles. The van der Waals surface area contributed by atoms with Gasteiger partial charge in [0, 0.05) is 5.02 Å². The number of thioether (sulfide) groups is 1. The SMILES string of the molecule is CC(Sc1nncn1-c1cccc(Cl)c1)C(=O)NC1(C#N)CCCCC1. The fourth-order valence-electron chi connectivity index (χ4n) is 3.08. The van der Waals surface area contributed by atoms with E-state index in [2.05, 4.69) is 21.6 Å². The maximum atomic E-state index is 12.6. The third kappa shape index (κ3) is 4.19. The fourth-order valence-corrected chi connectivity index (χ4v) is 4.10. The molecule has 26 heavy (non-hydrogen) atoms. The van der Waals surface area contributed by atoms with Gasteiger partial charge in [-0.15, -0.1) is 10.2 Å². The Hall–Kier alpha value is -2.04. The zero-order valence-corrected chi connectivity index (χ0v) is 16.1. The minimum Gasteiger partial charge on any atom is -0.337 e. The Morgan fingerprint density at radius 2 is 2.19 bits per heavy atom. The number of hydrogen-bond donors (Lipinski definition) is 1. The van der Waals surface area contributed by atoms with Gasteiger partial charge in [0.15, 0.2) is 5.16 Å². The van der Waals surface area contributed by atoms with Gasteiger partial charge in [-0.3, -0.25) is 9.36 Å². The van der Waals surface area contributed by atoms with Crippen molar-refractivity contribution >= 4 is 29.3 Å². The van der Waals surface area contributed by atoms with Crippen molar-refractivity contribution in [1.82, 2.24) is 20.1 Å². The summed E-state index contributed by atoms with van der Waals surface area (Å²) in [5.74, 6) is -0.154. The number of carbonyl (C=O) groups excluding carboxylic acids is 1. The van der Waals surface area contributed by atoms with Crippen LogP contribution < -0.4 is 5.32 Å². The van der Waals surface area contributed by atoms with E-state index in [1.165, 1.54) is 11.8 Å². The van der Waals surface area contributed by atoms with Crippen LogP contribution in [0.3, 0.4) is 0 Å². The molecule has 1 aromatic heterocycles. The molecule has 1 unspecified atom stereocenters. The van der Waals surface area contributed by atoms with E-state index in [1.54, 1.807) is 17.0 Å². The maximum absolute atomic E-state index is 12.6. The second kappa shape index (κ2) is 8.11. The van der Waals surface area contributed by atoms with Crippen LogP contribution in [0.2, 0.25) is 5.02 Å².